The molecule has 3 aromatic carbocycles. The summed E-state index contributed by atoms with van der Waals surface area (Å²) in [6, 6.07) is 17.2. The Kier molecular flexibility index (Phi) is 7.04. The lowest BCUT2D eigenvalue weighted by Crippen LogP contribution is -2.55. The largest absolute Gasteiger partial charge is 0.476 e. The number of anilines is 1. The summed E-state index contributed by atoms with van der Waals surface area (Å²) in [6.07, 6.45) is 0. The molecule has 3 aromatic rings. The Bertz CT molecular complexity index is 1420. The van der Waals surface area contributed by atoms with Crippen LogP contribution in [0.2, 0.25) is 5.02 Å². The average molecular weight is 534 g/mol. The number of rotatable bonds is 6. The monoisotopic (exact) mass is 533 g/mol. The van der Waals surface area contributed by atoms with Crippen molar-refractivity contribution in [3.8, 4) is 5.75 Å². The lowest BCUT2D eigenvalue weighted by Gasteiger charge is -2.45. The summed E-state index contributed by atoms with van der Waals surface area (Å²) in [7, 11) is 0. The first kappa shape index (κ1) is 25.7. The van der Waals surface area contributed by atoms with E-state index in [0.29, 0.717) is 40.7 Å². The Morgan fingerprint density at radius 1 is 1.00 bits per heavy atom. The molecule has 0 aromatic heterocycles. The molecule has 0 saturated carbocycles. The molecule has 1 fully saturated rings. The summed E-state index contributed by atoms with van der Waals surface area (Å²) in [5.41, 5.74) is 2.25. The van der Waals surface area contributed by atoms with Gasteiger partial charge in [-0.05, 0) is 61.9 Å². The number of piperazine rings is 1. The predicted molar refractivity (Wildman–Crippen MR) is 141 cm³/mol. The van der Waals surface area contributed by atoms with E-state index in [-0.39, 0.29) is 30.3 Å². The van der Waals surface area contributed by atoms with Crippen molar-refractivity contribution in [3.63, 3.8) is 0 Å². The number of carbonyl (C=O) groups excluding carboxylic acids is 3. The number of ether oxygens (including phenoxy) is 1. The van der Waals surface area contributed by atoms with Gasteiger partial charge in [0.2, 0.25) is 0 Å². The Morgan fingerprint density at radius 3 is 2.29 bits per heavy atom. The van der Waals surface area contributed by atoms with Crippen molar-refractivity contribution in [2.45, 2.75) is 32.5 Å². The van der Waals surface area contributed by atoms with Crippen LogP contribution in [-0.4, -0.2) is 52.9 Å². The van der Waals surface area contributed by atoms with Gasteiger partial charge >= 0.3 is 0 Å². The molecule has 0 unspecified atom stereocenters. The fraction of sp³-hybridized carbons (Fsp3) is 0.241. The molecule has 2 aliphatic rings. The van der Waals surface area contributed by atoms with Crippen LogP contribution in [0.25, 0.3) is 0 Å². The molecule has 0 bridgehead atoms. The maximum Gasteiger partial charge on any atom is 0.266 e. The van der Waals surface area contributed by atoms with Gasteiger partial charge in [-0.3, -0.25) is 14.5 Å². The summed E-state index contributed by atoms with van der Waals surface area (Å²) < 4.78 is 19.5. The third kappa shape index (κ3) is 4.70. The molecular weight excluding hydrogens is 509 g/mol. The van der Waals surface area contributed by atoms with Crippen molar-refractivity contribution in [3.05, 3.63) is 100.0 Å². The summed E-state index contributed by atoms with van der Waals surface area (Å²) in [4.78, 5) is 43.2. The summed E-state index contributed by atoms with van der Waals surface area (Å²) in [5.74, 6) is 1.20. The molecule has 0 aliphatic carbocycles. The van der Waals surface area contributed by atoms with E-state index in [1.165, 1.54) is 18.2 Å². The van der Waals surface area contributed by atoms with E-state index in [1.54, 1.807) is 48.5 Å². The molecule has 0 spiro atoms. The van der Waals surface area contributed by atoms with Crippen LogP contribution in [0.3, 0.4) is 0 Å². The molecule has 7 nitrogen and oxygen atoms in total. The maximum atomic E-state index is 13.3. The first-order valence-corrected chi connectivity index (χ1v) is 12.6. The highest BCUT2D eigenvalue weighted by Crippen LogP contribution is 2.37. The number of fused-ring (bicyclic) bond motifs is 1. The van der Waals surface area contributed by atoms with Crippen LogP contribution < -0.4 is 9.64 Å². The van der Waals surface area contributed by atoms with E-state index < -0.39 is 11.8 Å². The molecule has 2 aliphatic heterocycles. The second kappa shape index (κ2) is 10.4. The number of hydrogen-bond acceptors (Lipinski definition) is 6. The Balaban J connectivity index is 1.35. The van der Waals surface area contributed by atoms with Gasteiger partial charge in [-0.25, -0.2) is 14.1 Å². The minimum absolute atomic E-state index is 0.0581. The molecule has 1 saturated heterocycles. The first-order chi connectivity index (χ1) is 18.3. The SMILES string of the molecule is C[C@@H]1C(=C=O)N(Cc2ccc(F)cc2)[C@@H](C)CN1COc1ccc(Cl)cc1N1C(=O)c2ccccc2C1=O. The minimum Gasteiger partial charge on any atom is -0.476 e. The van der Waals surface area contributed by atoms with Gasteiger partial charge in [0.1, 0.15) is 29.9 Å². The van der Waals surface area contributed by atoms with Crippen LogP contribution in [-0.2, 0) is 11.3 Å². The second-order valence-corrected chi connectivity index (χ2v) is 9.85. The molecule has 0 radical (unpaired) electrons. The zero-order chi connectivity index (χ0) is 27.0. The van der Waals surface area contributed by atoms with Crippen LogP contribution in [0.5, 0.6) is 5.75 Å². The van der Waals surface area contributed by atoms with E-state index >= 15 is 0 Å². The lowest BCUT2D eigenvalue weighted by molar-refractivity contribution is 0.0287. The number of amides is 2. The molecule has 9 heteroatoms. The minimum atomic E-state index is -0.444. The fourth-order valence-electron chi connectivity index (χ4n) is 4.93. The number of hydrogen-bond donors (Lipinski definition) is 0. The topological polar surface area (TPSA) is 70.2 Å². The van der Waals surface area contributed by atoms with Crippen molar-refractivity contribution >= 4 is 35.0 Å². The van der Waals surface area contributed by atoms with Gasteiger partial charge in [0.15, 0.2) is 0 Å². The fourth-order valence-corrected chi connectivity index (χ4v) is 5.10. The van der Waals surface area contributed by atoms with Crippen molar-refractivity contribution in [2.75, 3.05) is 18.2 Å². The standard InChI is InChI=1S/C29H25ClFN3O4/c1-18-14-32(19(2)26(16-35)33(18)15-20-7-10-22(31)11-8-20)17-38-27-12-9-21(30)13-25(27)34-28(36)23-5-3-4-6-24(23)29(34)37/h3-13,18-19H,14-15,17H2,1-2H3/t18-,19+/m0/s1. The highest BCUT2D eigenvalue weighted by atomic mass is 35.5. The molecule has 194 valence electrons. The van der Waals surface area contributed by atoms with E-state index in [2.05, 4.69) is 5.94 Å². The third-order valence-electron chi connectivity index (χ3n) is 7.00. The van der Waals surface area contributed by atoms with Crippen LogP contribution in [0.15, 0.2) is 72.4 Å². The number of nitrogens with zero attached hydrogens (tertiary/aromatic N) is 3. The molecule has 0 N–H and O–H groups in total. The van der Waals surface area contributed by atoms with Gasteiger partial charge in [0, 0.05) is 24.2 Å². The Hall–Kier alpha value is -3.97. The lowest BCUT2D eigenvalue weighted by atomic mass is 10.0. The van der Waals surface area contributed by atoms with Crippen LogP contribution in [0, 0.1) is 5.82 Å². The smallest absolute Gasteiger partial charge is 0.266 e. The van der Waals surface area contributed by atoms with Gasteiger partial charge < -0.3 is 9.64 Å². The van der Waals surface area contributed by atoms with E-state index in [0.717, 1.165) is 10.5 Å². The number of carbonyl (C=O) groups is 2. The van der Waals surface area contributed by atoms with Crippen molar-refractivity contribution in [1.29, 1.82) is 0 Å². The van der Waals surface area contributed by atoms with Gasteiger partial charge in [-0.2, -0.15) is 0 Å². The highest BCUT2D eigenvalue weighted by Gasteiger charge is 2.38. The van der Waals surface area contributed by atoms with Gasteiger partial charge in [0.25, 0.3) is 11.8 Å². The highest BCUT2D eigenvalue weighted by molar-refractivity contribution is 6.36. The average Bonchev–Trinajstić information content (AvgIpc) is 3.16. The molecule has 5 rings (SSSR count). The van der Waals surface area contributed by atoms with Gasteiger partial charge in [-0.15, -0.1) is 0 Å². The normalized spacial score (nSPS) is 19.5. The second-order valence-electron chi connectivity index (χ2n) is 9.41. The first-order valence-electron chi connectivity index (χ1n) is 12.2. The summed E-state index contributed by atoms with van der Waals surface area (Å²) >= 11 is 6.23. The van der Waals surface area contributed by atoms with Crippen LogP contribution in [0.4, 0.5) is 10.1 Å². The van der Waals surface area contributed by atoms with Gasteiger partial charge in [-0.1, -0.05) is 35.9 Å². The quantitative estimate of drug-likeness (QED) is 0.331. The molecule has 38 heavy (non-hydrogen) atoms. The van der Waals surface area contributed by atoms with Crippen molar-refractivity contribution in [1.82, 2.24) is 9.80 Å². The van der Waals surface area contributed by atoms with Crippen molar-refractivity contribution < 1.29 is 23.5 Å². The van der Waals surface area contributed by atoms with E-state index in [4.69, 9.17) is 16.3 Å². The molecular formula is C29H25ClFN3O4. The molecule has 2 atom stereocenters. The molecule has 2 amide bonds. The number of halogens is 2. The third-order valence-corrected chi connectivity index (χ3v) is 7.23. The van der Waals surface area contributed by atoms with E-state index in [1.807, 2.05) is 23.6 Å². The molecule has 2 heterocycles. The van der Waals surface area contributed by atoms with E-state index in [9.17, 15) is 18.8 Å². The number of benzene rings is 3. The van der Waals surface area contributed by atoms with Crippen LogP contribution in [0.1, 0.15) is 40.1 Å². The number of imide groups is 1. The summed E-state index contributed by atoms with van der Waals surface area (Å²) in [5, 5.41) is 0.353. The predicted octanol–water partition coefficient (Wildman–Crippen LogP) is 4.93. The van der Waals surface area contributed by atoms with Gasteiger partial charge in [0.05, 0.1) is 22.9 Å². The van der Waals surface area contributed by atoms with Crippen molar-refractivity contribution in [2.24, 2.45) is 0 Å². The zero-order valence-electron chi connectivity index (χ0n) is 20.9. The van der Waals surface area contributed by atoms with Crippen LogP contribution >= 0.6 is 11.6 Å². The maximum absolute atomic E-state index is 13.3. The Morgan fingerprint density at radius 2 is 1.66 bits per heavy atom. The summed E-state index contributed by atoms with van der Waals surface area (Å²) in [6.45, 7) is 5.00. The zero-order valence-corrected chi connectivity index (χ0v) is 21.6. The Labute approximate surface area is 224 Å².